The van der Waals surface area contributed by atoms with Gasteiger partial charge in [-0.3, -0.25) is 14.1 Å². The van der Waals surface area contributed by atoms with Gasteiger partial charge in [0, 0.05) is 19.3 Å². The number of amidine groups is 1. The third-order valence-electron chi connectivity index (χ3n) is 6.74. The fraction of sp³-hybridized carbons (Fsp3) is 0.250. The molecule has 0 unspecified atom stereocenters. The van der Waals surface area contributed by atoms with Gasteiger partial charge in [0.1, 0.15) is 27.6 Å². The molecule has 4 aromatic rings. The van der Waals surface area contributed by atoms with E-state index in [0.717, 1.165) is 6.07 Å². The Morgan fingerprint density at radius 1 is 1.12 bits per heavy atom. The lowest BCUT2D eigenvalue weighted by molar-refractivity contribution is 0.414. The molecule has 0 aliphatic carbocycles. The first-order valence-electron chi connectivity index (χ1n) is 13.3. The van der Waals surface area contributed by atoms with E-state index in [4.69, 9.17) is 4.74 Å². The summed E-state index contributed by atoms with van der Waals surface area (Å²) in [5, 5.41) is 14.2. The van der Waals surface area contributed by atoms with Crippen molar-refractivity contribution >= 4 is 48.5 Å². The SMILES string of the molecule is COc1cccc(CNS(=O)(=O)Nc2ccc3c(c2)S(=O)(=O)N=C(c2c(O)c4cccnc4n(CCC(C)C)c2=O)N3)c1. The molecule has 0 atom stereocenters. The van der Waals surface area contributed by atoms with Crippen LogP contribution in [0.3, 0.4) is 0 Å². The van der Waals surface area contributed by atoms with E-state index in [-0.39, 0.29) is 51.2 Å². The number of nitrogens with one attached hydrogen (secondary N) is 3. The van der Waals surface area contributed by atoms with Crippen molar-refractivity contribution in [3.05, 3.63) is 82.3 Å². The van der Waals surface area contributed by atoms with E-state index in [2.05, 4.69) is 24.1 Å². The summed E-state index contributed by atoms with van der Waals surface area (Å²) in [4.78, 5) is 17.6. The summed E-state index contributed by atoms with van der Waals surface area (Å²) in [7, 11) is -7.02. The van der Waals surface area contributed by atoms with Gasteiger partial charge in [0.05, 0.1) is 23.9 Å². The number of benzene rings is 2. The van der Waals surface area contributed by atoms with E-state index < -0.39 is 31.5 Å². The predicted molar refractivity (Wildman–Crippen MR) is 163 cm³/mol. The van der Waals surface area contributed by atoms with E-state index in [1.165, 1.54) is 30.0 Å². The minimum Gasteiger partial charge on any atom is -0.506 e. The molecule has 3 heterocycles. The molecule has 5 rings (SSSR count). The summed E-state index contributed by atoms with van der Waals surface area (Å²) in [6.07, 6.45) is 2.15. The molecule has 0 saturated carbocycles. The molecule has 0 fully saturated rings. The lowest BCUT2D eigenvalue weighted by Crippen LogP contribution is -2.33. The van der Waals surface area contributed by atoms with Crippen LogP contribution in [0.15, 0.2) is 74.9 Å². The van der Waals surface area contributed by atoms with Gasteiger partial charge in [-0.15, -0.1) is 4.40 Å². The van der Waals surface area contributed by atoms with Crippen LogP contribution in [0, 0.1) is 5.92 Å². The number of methoxy groups -OCH3 is 1. The minimum atomic E-state index is -4.42. The zero-order valence-electron chi connectivity index (χ0n) is 23.5. The van der Waals surface area contributed by atoms with Crippen LogP contribution in [0.4, 0.5) is 11.4 Å². The fourth-order valence-electron chi connectivity index (χ4n) is 4.55. The van der Waals surface area contributed by atoms with E-state index >= 15 is 0 Å². The monoisotopic (exact) mass is 626 g/mol. The number of nitrogens with zero attached hydrogens (tertiary/aromatic N) is 3. The number of aromatic nitrogens is 2. The number of fused-ring (bicyclic) bond motifs is 2. The Bertz CT molecular complexity index is 2020. The largest absolute Gasteiger partial charge is 0.506 e. The molecule has 4 N–H and O–H groups in total. The molecule has 0 amide bonds. The summed E-state index contributed by atoms with van der Waals surface area (Å²) in [6, 6.07) is 13.9. The highest BCUT2D eigenvalue weighted by Gasteiger charge is 2.31. The molecule has 0 bridgehead atoms. The average Bonchev–Trinajstić information content (AvgIpc) is 2.96. The maximum Gasteiger partial charge on any atom is 0.299 e. The number of rotatable bonds is 10. The molecule has 0 saturated heterocycles. The summed E-state index contributed by atoms with van der Waals surface area (Å²) in [5.41, 5.74) is -0.0239. The van der Waals surface area contributed by atoms with Crippen LogP contribution in [0.5, 0.6) is 11.5 Å². The van der Waals surface area contributed by atoms with Crippen LogP contribution in [0.1, 0.15) is 31.4 Å². The van der Waals surface area contributed by atoms with Crippen molar-refractivity contribution in [1.82, 2.24) is 14.3 Å². The molecular weight excluding hydrogens is 596 g/mol. The Morgan fingerprint density at radius 2 is 1.91 bits per heavy atom. The van der Waals surface area contributed by atoms with E-state index in [9.17, 15) is 26.7 Å². The lowest BCUT2D eigenvalue weighted by Gasteiger charge is -2.21. The molecule has 2 aromatic carbocycles. The average molecular weight is 627 g/mol. The summed E-state index contributed by atoms with van der Waals surface area (Å²) in [6.45, 7) is 4.26. The number of hydrogen-bond donors (Lipinski definition) is 4. The second-order valence-corrected chi connectivity index (χ2v) is 13.3. The van der Waals surface area contributed by atoms with E-state index in [1.807, 2.05) is 13.8 Å². The zero-order valence-corrected chi connectivity index (χ0v) is 25.2. The molecular formula is C28H30N6O7S2. The molecule has 0 spiro atoms. The van der Waals surface area contributed by atoms with Gasteiger partial charge in [-0.25, -0.2) is 4.98 Å². The first-order valence-corrected chi connectivity index (χ1v) is 16.2. The van der Waals surface area contributed by atoms with E-state index in [0.29, 0.717) is 24.3 Å². The molecule has 43 heavy (non-hydrogen) atoms. The summed E-state index contributed by atoms with van der Waals surface area (Å²) in [5.74, 6) is 0.0294. The van der Waals surface area contributed by atoms with Gasteiger partial charge in [-0.05, 0) is 60.4 Å². The van der Waals surface area contributed by atoms with Gasteiger partial charge in [0.25, 0.3) is 25.8 Å². The zero-order chi connectivity index (χ0) is 30.9. The van der Waals surface area contributed by atoms with Crippen LogP contribution in [0.2, 0.25) is 0 Å². The Balaban J connectivity index is 1.45. The van der Waals surface area contributed by atoms with Gasteiger partial charge in [-0.2, -0.15) is 21.6 Å². The molecule has 1 aliphatic rings. The van der Waals surface area contributed by atoms with E-state index in [1.54, 1.807) is 36.4 Å². The highest BCUT2D eigenvalue weighted by atomic mass is 32.2. The highest BCUT2D eigenvalue weighted by molar-refractivity contribution is 7.91. The number of ether oxygens (including phenoxy) is 1. The first kappa shape index (κ1) is 30.0. The van der Waals surface area contributed by atoms with Crippen molar-refractivity contribution in [2.24, 2.45) is 10.3 Å². The van der Waals surface area contributed by atoms with Crippen molar-refractivity contribution in [2.75, 3.05) is 17.1 Å². The first-order chi connectivity index (χ1) is 20.4. The topological polar surface area (TPSA) is 181 Å². The van der Waals surface area contributed by atoms with Crippen molar-refractivity contribution in [3.63, 3.8) is 0 Å². The molecule has 15 heteroatoms. The van der Waals surface area contributed by atoms with Crippen LogP contribution in [0.25, 0.3) is 11.0 Å². The van der Waals surface area contributed by atoms with Gasteiger partial charge < -0.3 is 15.2 Å². The van der Waals surface area contributed by atoms with Gasteiger partial charge in [0.15, 0.2) is 5.84 Å². The Labute approximate surface area is 248 Å². The second kappa shape index (κ2) is 11.7. The highest BCUT2D eigenvalue weighted by Crippen LogP contribution is 2.34. The maximum atomic E-state index is 13.6. The van der Waals surface area contributed by atoms with Crippen LogP contribution in [-0.2, 0) is 33.3 Å². The third-order valence-corrected chi connectivity index (χ3v) is 9.08. The summed E-state index contributed by atoms with van der Waals surface area (Å²) >= 11 is 0. The predicted octanol–water partition coefficient (Wildman–Crippen LogP) is 3.16. The van der Waals surface area contributed by atoms with Crippen molar-refractivity contribution in [2.45, 2.75) is 38.3 Å². The molecule has 2 aromatic heterocycles. The Kier molecular flexibility index (Phi) is 8.14. The van der Waals surface area contributed by atoms with Crippen LogP contribution in [-0.4, -0.2) is 44.4 Å². The van der Waals surface area contributed by atoms with Crippen molar-refractivity contribution in [3.8, 4) is 11.5 Å². The third kappa shape index (κ3) is 6.33. The number of sulfonamides is 1. The smallest absolute Gasteiger partial charge is 0.299 e. The van der Waals surface area contributed by atoms with Gasteiger partial charge in [-0.1, -0.05) is 26.0 Å². The Morgan fingerprint density at radius 3 is 2.65 bits per heavy atom. The van der Waals surface area contributed by atoms with Crippen molar-refractivity contribution < 1.29 is 26.7 Å². The quantitative estimate of drug-likeness (QED) is 0.206. The molecule has 226 valence electrons. The van der Waals surface area contributed by atoms with Crippen LogP contribution >= 0.6 is 0 Å². The minimum absolute atomic E-state index is 0.0309. The standard InChI is InChI=1S/C28H30N6O7S2/c1-17(2)11-13-34-27-21(8-5-12-29-27)25(35)24(28(34)36)26-31-22-10-9-19(15-23(22)42(37,38)33-26)32-43(39,40)30-16-18-6-4-7-20(14-18)41-3/h4-10,12,14-15,17,30,32,35H,11,13,16H2,1-3H3,(H,31,33). The number of hydrogen-bond acceptors (Lipinski definition) is 9. The van der Waals surface area contributed by atoms with Crippen LogP contribution < -0.4 is 25.1 Å². The Hall–Kier alpha value is -4.47. The lowest BCUT2D eigenvalue weighted by atomic mass is 10.1. The van der Waals surface area contributed by atoms with Gasteiger partial charge in [0.2, 0.25) is 0 Å². The van der Waals surface area contributed by atoms with Gasteiger partial charge >= 0.3 is 0 Å². The molecule has 13 nitrogen and oxygen atoms in total. The van der Waals surface area contributed by atoms with Crippen molar-refractivity contribution in [1.29, 1.82) is 0 Å². The molecule has 1 aliphatic heterocycles. The normalized spacial score (nSPS) is 14.2. The number of anilines is 2. The number of aromatic hydroxyl groups is 1. The maximum absolute atomic E-state index is 13.6. The number of aryl methyl sites for hydroxylation is 1. The number of pyridine rings is 2. The second-order valence-electron chi connectivity index (χ2n) is 10.3. The summed E-state index contributed by atoms with van der Waals surface area (Å²) < 4.78 is 67.0. The molecule has 0 radical (unpaired) electrons. The fourth-order valence-corrected chi connectivity index (χ4v) is 6.57.